The van der Waals surface area contributed by atoms with Gasteiger partial charge in [0, 0.05) is 53.9 Å². The van der Waals surface area contributed by atoms with Gasteiger partial charge in [-0.1, -0.05) is 6.07 Å². The zero-order valence-corrected chi connectivity index (χ0v) is 16.2. The lowest BCUT2D eigenvalue weighted by molar-refractivity contribution is 0.0949. The number of amides is 1. The summed E-state index contributed by atoms with van der Waals surface area (Å²) in [5.74, 6) is -0.506. The first-order valence-electron chi connectivity index (χ1n) is 8.98. The SMILES string of the molecule is CN1CCc2[nH]c(=O)c(CNC(=O)c3cc(-c4cccs4)c[nH]c3=O)cc2C1. The first-order valence-corrected chi connectivity index (χ1v) is 9.86. The van der Waals surface area contributed by atoms with Crippen molar-refractivity contribution in [3.05, 3.63) is 78.9 Å². The summed E-state index contributed by atoms with van der Waals surface area (Å²) >= 11 is 1.52. The third-order valence-corrected chi connectivity index (χ3v) is 5.79. The normalized spacial score (nSPS) is 13.9. The zero-order chi connectivity index (χ0) is 19.7. The second-order valence-electron chi connectivity index (χ2n) is 6.91. The van der Waals surface area contributed by atoms with Crippen molar-refractivity contribution in [2.24, 2.45) is 0 Å². The van der Waals surface area contributed by atoms with E-state index in [2.05, 4.69) is 20.2 Å². The molecule has 3 aromatic heterocycles. The van der Waals surface area contributed by atoms with Gasteiger partial charge in [-0.2, -0.15) is 0 Å². The smallest absolute Gasteiger partial charge is 0.260 e. The quantitative estimate of drug-likeness (QED) is 0.625. The lowest BCUT2D eigenvalue weighted by Gasteiger charge is -2.24. The van der Waals surface area contributed by atoms with Gasteiger partial charge in [-0.25, -0.2) is 0 Å². The van der Waals surface area contributed by atoms with Crippen molar-refractivity contribution in [3.8, 4) is 10.4 Å². The molecule has 1 amide bonds. The van der Waals surface area contributed by atoms with Crippen LogP contribution in [0, 0.1) is 0 Å². The molecule has 0 atom stereocenters. The van der Waals surface area contributed by atoms with E-state index in [0.29, 0.717) is 5.56 Å². The van der Waals surface area contributed by atoms with Gasteiger partial charge in [0.1, 0.15) is 5.56 Å². The number of rotatable bonds is 4. The zero-order valence-electron chi connectivity index (χ0n) is 15.4. The molecule has 0 aliphatic carbocycles. The van der Waals surface area contributed by atoms with Crippen LogP contribution < -0.4 is 16.4 Å². The van der Waals surface area contributed by atoms with Gasteiger partial charge in [0.2, 0.25) is 0 Å². The number of thiophene rings is 1. The third kappa shape index (κ3) is 3.69. The maximum absolute atomic E-state index is 12.6. The number of aromatic amines is 2. The van der Waals surface area contributed by atoms with Crippen LogP contribution in [0.1, 0.15) is 27.2 Å². The lowest BCUT2D eigenvalue weighted by atomic mass is 10.0. The van der Waals surface area contributed by atoms with Crippen LogP contribution in [-0.2, 0) is 19.5 Å². The van der Waals surface area contributed by atoms with E-state index < -0.39 is 11.5 Å². The standard InChI is InChI=1S/C20H20N4O3S/c1-24-5-4-16-14(11-24)7-13(18(25)23-16)10-22-20(27)15-8-12(9-21-19(15)26)17-3-2-6-28-17/h2-3,6-9H,4-5,10-11H2,1H3,(H,21,26)(H,22,27)(H,23,25). The molecule has 0 bridgehead atoms. The fourth-order valence-corrected chi connectivity index (χ4v) is 4.05. The third-order valence-electron chi connectivity index (χ3n) is 4.87. The lowest BCUT2D eigenvalue weighted by Crippen LogP contribution is -2.33. The molecule has 0 fully saturated rings. The van der Waals surface area contributed by atoms with Crippen LogP contribution in [0.4, 0.5) is 0 Å². The van der Waals surface area contributed by atoms with Crippen molar-refractivity contribution in [1.29, 1.82) is 0 Å². The number of nitrogens with one attached hydrogen (secondary N) is 3. The topological polar surface area (TPSA) is 98.1 Å². The van der Waals surface area contributed by atoms with Gasteiger partial charge >= 0.3 is 0 Å². The number of likely N-dealkylation sites (N-methyl/N-ethyl adjacent to an activating group) is 1. The fraction of sp³-hybridized carbons (Fsp3) is 0.250. The summed E-state index contributed by atoms with van der Waals surface area (Å²) in [5.41, 5.74) is 2.64. The molecule has 28 heavy (non-hydrogen) atoms. The molecule has 144 valence electrons. The Morgan fingerprint density at radius 3 is 2.93 bits per heavy atom. The van der Waals surface area contributed by atoms with Crippen LogP contribution in [-0.4, -0.2) is 34.4 Å². The average Bonchev–Trinajstić information content (AvgIpc) is 3.21. The Bertz CT molecular complexity index is 1130. The summed E-state index contributed by atoms with van der Waals surface area (Å²) < 4.78 is 0. The highest BCUT2D eigenvalue weighted by Gasteiger charge is 2.17. The minimum Gasteiger partial charge on any atom is -0.348 e. The number of aromatic nitrogens is 2. The van der Waals surface area contributed by atoms with Crippen molar-refractivity contribution in [1.82, 2.24) is 20.2 Å². The Hall–Kier alpha value is -2.97. The van der Waals surface area contributed by atoms with Crippen LogP contribution >= 0.6 is 11.3 Å². The molecule has 0 spiro atoms. The Labute approximate surface area is 165 Å². The van der Waals surface area contributed by atoms with Crippen LogP contribution in [0.3, 0.4) is 0 Å². The van der Waals surface area contributed by atoms with E-state index in [1.165, 1.54) is 11.3 Å². The summed E-state index contributed by atoms with van der Waals surface area (Å²) in [6.07, 6.45) is 2.40. The van der Waals surface area contributed by atoms with E-state index in [1.54, 1.807) is 12.3 Å². The van der Waals surface area contributed by atoms with Gasteiger partial charge in [-0.3, -0.25) is 14.4 Å². The summed E-state index contributed by atoms with van der Waals surface area (Å²) in [4.78, 5) is 45.6. The molecule has 7 nitrogen and oxygen atoms in total. The van der Waals surface area contributed by atoms with E-state index in [1.807, 2.05) is 30.6 Å². The number of fused-ring (bicyclic) bond motifs is 1. The van der Waals surface area contributed by atoms with E-state index in [9.17, 15) is 14.4 Å². The van der Waals surface area contributed by atoms with Gasteiger partial charge in [-0.05, 0) is 36.2 Å². The van der Waals surface area contributed by atoms with E-state index in [0.717, 1.165) is 41.2 Å². The first-order chi connectivity index (χ1) is 13.5. The number of nitrogens with zero attached hydrogens (tertiary/aromatic N) is 1. The number of H-pyrrole nitrogens is 2. The Morgan fingerprint density at radius 1 is 1.29 bits per heavy atom. The van der Waals surface area contributed by atoms with Crippen LogP contribution in [0.5, 0.6) is 0 Å². The molecule has 0 radical (unpaired) electrons. The largest absolute Gasteiger partial charge is 0.348 e. The number of pyridine rings is 2. The summed E-state index contributed by atoms with van der Waals surface area (Å²) in [7, 11) is 2.03. The van der Waals surface area contributed by atoms with Gasteiger partial charge in [0.15, 0.2) is 0 Å². The van der Waals surface area contributed by atoms with Gasteiger partial charge < -0.3 is 20.2 Å². The molecule has 0 saturated carbocycles. The molecular formula is C20H20N4O3S. The molecule has 1 aliphatic heterocycles. The molecule has 0 unspecified atom stereocenters. The number of hydrogen-bond donors (Lipinski definition) is 3. The number of hydrogen-bond acceptors (Lipinski definition) is 5. The molecule has 0 aromatic carbocycles. The molecule has 3 N–H and O–H groups in total. The highest BCUT2D eigenvalue weighted by molar-refractivity contribution is 7.13. The molecule has 4 rings (SSSR count). The van der Waals surface area contributed by atoms with Gasteiger partial charge in [0.25, 0.3) is 17.0 Å². The highest BCUT2D eigenvalue weighted by Crippen LogP contribution is 2.23. The number of carbonyl (C=O) groups is 1. The van der Waals surface area contributed by atoms with Crippen LogP contribution in [0.2, 0.25) is 0 Å². The second kappa shape index (κ2) is 7.57. The van der Waals surface area contributed by atoms with Crippen molar-refractivity contribution in [2.45, 2.75) is 19.5 Å². The predicted molar refractivity (Wildman–Crippen MR) is 109 cm³/mol. The monoisotopic (exact) mass is 396 g/mol. The maximum Gasteiger partial charge on any atom is 0.260 e. The molecule has 8 heteroatoms. The maximum atomic E-state index is 12.6. The van der Waals surface area contributed by atoms with Crippen molar-refractivity contribution < 1.29 is 4.79 Å². The molecule has 1 aliphatic rings. The van der Waals surface area contributed by atoms with Crippen LogP contribution in [0.25, 0.3) is 10.4 Å². The molecule has 4 heterocycles. The summed E-state index contributed by atoms with van der Waals surface area (Å²) in [6, 6.07) is 7.25. The van der Waals surface area contributed by atoms with Crippen LogP contribution in [0.15, 0.2) is 45.4 Å². The van der Waals surface area contributed by atoms with Crippen molar-refractivity contribution in [3.63, 3.8) is 0 Å². The minimum absolute atomic E-state index is 0.0278. The van der Waals surface area contributed by atoms with E-state index >= 15 is 0 Å². The van der Waals surface area contributed by atoms with Gasteiger partial charge in [0.05, 0.1) is 0 Å². The van der Waals surface area contributed by atoms with Crippen molar-refractivity contribution in [2.75, 3.05) is 13.6 Å². The van der Waals surface area contributed by atoms with Crippen molar-refractivity contribution >= 4 is 17.2 Å². The molecule has 3 aromatic rings. The molecular weight excluding hydrogens is 376 g/mol. The Balaban J connectivity index is 1.54. The predicted octanol–water partition coefficient (Wildman–Crippen LogP) is 1.71. The Morgan fingerprint density at radius 2 is 2.14 bits per heavy atom. The molecule has 0 saturated heterocycles. The fourth-order valence-electron chi connectivity index (χ4n) is 3.34. The average molecular weight is 396 g/mol. The number of carbonyl (C=O) groups excluding carboxylic acids is 1. The first kappa shape index (κ1) is 18.4. The highest BCUT2D eigenvalue weighted by atomic mass is 32.1. The summed E-state index contributed by atoms with van der Waals surface area (Å²) in [5, 5.41) is 4.63. The Kier molecular flexibility index (Phi) is 4.97. The minimum atomic E-state index is -0.506. The second-order valence-corrected chi connectivity index (χ2v) is 7.85. The summed E-state index contributed by atoms with van der Waals surface area (Å²) in [6.45, 7) is 1.73. The van der Waals surface area contributed by atoms with E-state index in [4.69, 9.17) is 0 Å². The van der Waals surface area contributed by atoms with E-state index in [-0.39, 0.29) is 17.7 Å². The van der Waals surface area contributed by atoms with Gasteiger partial charge in [-0.15, -0.1) is 11.3 Å².